The van der Waals surface area contributed by atoms with Crippen molar-refractivity contribution in [2.24, 2.45) is 10.9 Å². The predicted octanol–water partition coefficient (Wildman–Crippen LogP) is 2.19. The molecule has 0 radical (unpaired) electrons. The summed E-state index contributed by atoms with van der Waals surface area (Å²) in [6.07, 6.45) is 1.15. The molecule has 0 bridgehead atoms. The first-order valence-corrected chi connectivity index (χ1v) is 7.70. The van der Waals surface area contributed by atoms with Crippen LogP contribution in [0.1, 0.15) is 24.2 Å². The maximum absolute atomic E-state index is 12.1. The van der Waals surface area contributed by atoms with E-state index in [9.17, 15) is 14.9 Å². The van der Waals surface area contributed by atoms with Crippen LogP contribution in [0.3, 0.4) is 0 Å². The van der Waals surface area contributed by atoms with E-state index >= 15 is 0 Å². The summed E-state index contributed by atoms with van der Waals surface area (Å²) in [5, 5.41) is 18.8. The van der Waals surface area contributed by atoms with Gasteiger partial charge in [-0.15, -0.1) is 0 Å². The smallest absolute Gasteiger partial charge is 0.359 e. The molecule has 0 aliphatic rings. The van der Waals surface area contributed by atoms with Crippen LogP contribution in [-0.2, 0) is 9.63 Å². The van der Waals surface area contributed by atoms with Gasteiger partial charge in [0, 0.05) is 5.02 Å². The highest BCUT2D eigenvalue weighted by Gasteiger charge is 2.23. The molecule has 11 heteroatoms. The Morgan fingerprint density at radius 2 is 2.19 bits per heavy atom. The van der Waals surface area contributed by atoms with Crippen molar-refractivity contribution in [1.29, 1.82) is 0 Å². The quantitative estimate of drug-likeness (QED) is 0.266. The molecule has 1 aromatic heterocycles. The molecule has 2 aromatic rings. The fourth-order valence-corrected chi connectivity index (χ4v) is 2.23. The van der Waals surface area contributed by atoms with Gasteiger partial charge >= 0.3 is 11.7 Å². The number of amidine groups is 1. The second kappa shape index (κ2) is 7.83. The maximum atomic E-state index is 12.1. The van der Waals surface area contributed by atoms with Gasteiger partial charge in [-0.05, 0) is 32.0 Å². The number of rotatable bonds is 6. The number of aromatic nitrogens is 2. The number of carbonyl (C=O) groups is 1. The molecular weight excluding hydrogens is 366 g/mol. The Labute approximate surface area is 153 Å². The Hall–Kier alpha value is -3.14. The van der Waals surface area contributed by atoms with Gasteiger partial charge in [-0.1, -0.05) is 16.8 Å². The summed E-state index contributed by atoms with van der Waals surface area (Å²) in [4.78, 5) is 27.2. The number of nitro groups is 1. The zero-order valence-corrected chi connectivity index (χ0v) is 14.9. The lowest BCUT2D eigenvalue weighted by atomic mass is 10.2. The van der Waals surface area contributed by atoms with Crippen LogP contribution >= 0.6 is 11.6 Å². The van der Waals surface area contributed by atoms with E-state index in [-0.39, 0.29) is 17.2 Å². The number of hydrogen-bond acceptors (Lipinski definition) is 7. The maximum Gasteiger partial charge on any atom is 0.359 e. The van der Waals surface area contributed by atoms with Crippen LogP contribution in [0, 0.1) is 17.0 Å². The molecule has 138 valence electrons. The number of benzene rings is 1. The molecule has 2 rings (SSSR count). The summed E-state index contributed by atoms with van der Waals surface area (Å²) in [6.45, 7) is 2.93. The summed E-state index contributed by atoms with van der Waals surface area (Å²) < 4.78 is 6.27. The van der Waals surface area contributed by atoms with Crippen LogP contribution in [0.2, 0.25) is 5.02 Å². The van der Waals surface area contributed by atoms with Gasteiger partial charge in [0.15, 0.2) is 5.84 Å². The molecule has 10 nitrogen and oxygen atoms in total. The molecule has 2 N–H and O–H groups in total. The number of methoxy groups -OCH3 is 1. The Morgan fingerprint density at radius 3 is 2.77 bits per heavy atom. The zero-order valence-electron chi connectivity index (χ0n) is 14.2. The number of nitrogens with two attached hydrogens (primary N) is 1. The molecule has 0 aliphatic heterocycles. The van der Waals surface area contributed by atoms with Crippen molar-refractivity contribution < 1.29 is 19.3 Å². The summed E-state index contributed by atoms with van der Waals surface area (Å²) in [6, 6.07) is 3.77. The van der Waals surface area contributed by atoms with E-state index in [0.717, 1.165) is 10.9 Å². The van der Waals surface area contributed by atoms with Crippen molar-refractivity contribution >= 4 is 29.1 Å². The van der Waals surface area contributed by atoms with E-state index in [1.165, 1.54) is 27.0 Å². The van der Waals surface area contributed by atoms with Crippen LogP contribution in [0.15, 0.2) is 29.6 Å². The molecule has 0 aliphatic carbocycles. The topological polar surface area (TPSA) is 135 Å². The normalized spacial score (nSPS) is 12.5. The molecular formula is C15H16ClN5O5. The lowest BCUT2D eigenvalue weighted by molar-refractivity contribution is -0.385. The average Bonchev–Trinajstić information content (AvgIpc) is 3.00. The van der Waals surface area contributed by atoms with Gasteiger partial charge in [0.05, 0.1) is 17.6 Å². The van der Waals surface area contributed by atoms with Gasteiger partial charge in [0.2, 0.25) is 0 Å². The Balaban J connectivity index is 2.16. The number of ether oxygens (including phenoxy) is 1. The SMILES string of the molecule is COc1ccc(Cl)cc1/C(N)=N/OC(=O)C(C)n1cc([N+](=O)[O-])c(C)n1. The first kappa shape index (κ1) is 19.2. The molecule has 1 atom stereocenters. The number of aryl methyl sites for hydroxylation is 1. The molecule has 1 aromatic carbocycles. The molecule has 0 spiro atoms. The standard InChI is InChI=1S/C15H16ClN5O5/c1-8-12(21(23)24)7-20(18-8)9(2)15(22)26-19-14(17)11-6-10(16)4-5-13(11)25-3/h4-7,9H,1-3H3,(H2,17,19). The molecule has 0 amide bonds. The van der Waals surface area contributed by atoms with E-state index < -0.39 is 16.9 Å². The van der Waals surface area contributed by atoms with Crippen LogP contribution in [0.4, 0.5) is 5.69 Å². The van der Waals surface area contributed by atoms with E-state index in [2.05, 4.69) is 10.3 Å². The van der Waals surface area contributed by atoms with Crippen LogP contribution in [0.5, 0.6) is 5.75 Å². The third-order valence-corrected chi connectivity index (χ3v) is 3.73. The van der Waals surface area contributed by atoms with Crippen molar-refractivity contribution in [3.63, 3.8) is 0 Å². The minimum absolute atomic E-state index is 0.118. The molecule has 0 fully saturated rings. The largest absolute Gasteiger partial charge is 0.496 e. The van der Waals surface area contributed by atoms with Crippen molar-refractivity contribution in [3.05, 3.63) is 50.8 Å². The van der Waals surface area contributed by atoms with E-state index in [0.29, 0.717) is 16.3 Å². The third-order valence-electron chi connectivity index (χ3n) is 3.50. The van der Waals surface area contributed by atoms with Gasteiger partial charge in [0.1, 0.15) is 23.7 Å². The lowest BCUT2D eigenvalue weighted by Gasteiger charge is -2.10. The van der Waals surface area contributed by atoms with Gasteiger partial charge < -0.3 is 15.3 Å². The average molecular weight is 382 g/mol. The second-order valence-corrected chi connectivity index (χ2v) is 5.68. The minimum Gasteiger partial charge on any atom is -0.496 e. The van der Waals surface area contributed by atoms with Gasteiger partial charge in [-0.25, -0.2) is 4.79 Å². The molecule has 26 heavy (non-hydrogen) atoms. The van der Waals surface area contributed by atoms with Gasteiger partial charge in [-0.3, -0.25) is 14.8 Å². The van der Waals surface area contributed by atoms with Crippen molar-refractivity contribution in [2.45, 2.75) is 19.9 Å². The highest BCUT2D eigenvalue weighted by molar-refractivity contribution is 6.31. The first-order valence-electron chi connectivity index (χ1n) is 7.33. The van der Waals surface area contributed by atoms with Crippen molar-refractivity contribution in [3.8, 4) is 5.75 Å². The summed E-state index contributed by atoms with van der Waals surface area (Å²) in [5.41, 5.74) is 6.15. The zero-order chi connectivity index (χ0) is 19.4. The first-order chi connectivity index (χ1) is 12.2. The molecule has 0 saturated carbocycles. The highest BCUT2D eigenvalue weighted by Crippen LogP contribution is 2.23. The minimum atomic E-state index is -0.944. The van der Waals surface area contributed by atoms with Gasteiger partial charge in [0.25, 0.3) is 0 Å². The second-order valence-electron chi connectivity index (χ2n) is 5.24. The summed E-state index contributed by atoms with van der Waals surface area (Å²) in [5.74, 6) is -0.517. The Kier molecular flexibility index (Phi) is 5.78. The van der Waals surface area contributed by atoms with E-state index in [4.69, 9.17) is 26.9 Å². The molecule has 0 saturated heterocycles. The predicted molar refractivity (Wildman–Crippen MR) is 93.1 cm³/mol. The number of halogens is 1. The Morgan fingerprint density at radius 1 is 1.50 bits per heavy atom. The summed E-state index contributed by atoms with van der Waals surface area (Å²) in [7, 11) is 1.45. The lowest BCUT2D eigenvalue weighted by Crippen LogP contribution is -2.21. The van der Waals surface area contributed by atoms with Crippen molar-refractivity contribution in [2.75, 3.05) is 7.11 Å². The van der Waals surface area contributed by atoms with Crippen LogP contribution in [-0.4, -0.2) is 33.6 Å². The highest BCUT2D eigenvalue weighted by atomic mass is 35.5. The number of oxime groups is 1. The number of nitrogens with zero attached hydrogens (tertiary/aromatic N) is 4. The third kappa shape index (κ3) is 4.09. The van der Waals surface area contributed by atoms with Crippen LogP contribution < -0.4 is 10.5 Å². The number of hydrogen-bond donors (Lipinski definition) is 1. The van der Waals surface area contributed by atoms with Crippen molar-refractivity contribution in [1.82, 2.24) is 9.78 Å². The molecule has 1 unspecified atom stereocenters. The number of carbonyl (C=O) groups excluding carboxylic acids is 1. The van der Waals surface area contributed by atoms with E-state index in [1.807, 2.05) is 0 Å². The van der Waals surface area contributed by atoms with Gasteiger partial charge in [-0.2, -0.15) is 5.10 Å². The monoisotopic (exact) mass is 381 g/mol. The molecule has 1 heterocycles. The fourth-order valence-electron chi connectivity index (χ4n) is 2.06. The Bertz CT molecular complexity index is 879. The summed E-state index contributed by atoms with van der Waals surface area (Å²) >= 11 is 5.91. The van der Waals surface area contributed by atoms with Crippen LogP contribution in [0.25, 0.3) is 0 Å². The fraction of sp³-hybridized carbons (Fsp3) is 0.267. The van der Waals surface area contributed by atoms with E-state index in [1.54, 1.807) is 12.1 Å².